The largest absolute Gasteiger partial charge is 0.477 e. The molecule has 1 aliphatic rings. The highest BCUT2D eigenvalue weighted by Crippen LogP contribution is 2.29. The summed E-state index contributed by atoms with van der Waals surface area (Å²) in [5.41, 5.74) is 1.69. The van der Waals surface area contributed by atoms with Gasteiger partial charge in [-0.2, -0.15) is 0 Å². The molecular weight excluding hydrogens is 731 g/mol. The van der Waals surface area contributed by atoms with Crippen LogP contribution < -0.4 is 21.3 Å². The maximum Gasteiger partial charge on any atom is 0.352 e. The average Bonchev–Trinajstić information content (AvgIpc) is 3.64. The monoisotopic (exact) mass is 781 g/mol. The number of likely N-dealkylation sites (tertiary alicyclic amines) is 1. The Labute approximate surface area is 332 Å². The lowest BCUT2D eigenvalue weighted by Gasteiger charge is -2.33. The number of rotatable bonds is 18. The fourth-order valence-electron chi connectivity index (χ4n) is 6.77. The Hall–Kier alpha value is -6.25. The summed E-state index contributed by atoms with van der Waals surface area (Å²) >= 11 is 0. The van der Waals surface area contributed by atoms with Crippen molar-refractivity contribution in [3.63, 3.8) is 0 Å². The number of hydrogen-bond donors (Lipinski definition) is 5. The normalized spacial score (nSPS) is 16.9. The zero-order valence-electron chi connectivity index (χ0n) is 32.9. The van der Waals surface area contributed by atoms with Gasteiger partial charge < -0.3 is 31.3 Å². The van der Waals surface area contributed by atoms with Gasteiger partial charge in [0.05, 0.1) is 12.2 Å². The highest BCUT2D eigenvalue weighted by molar-refractivity contribution is 6.39. The van der Waals surface area contributed by atoms with Crippen LogP contribution in [-0.4, -0.2) is 92.0 Å². The van der Waals surface area contributed by atoms with Crippen molar-refractivity contribution in [3.05, 3.63) is 101 Å². The molecule has 15 heteroatoms. The van der Waals surface area contributed by atoms with Crippen LogP contribution in [0.1, 0.15) is 80.6 Å². The smallest absolute Gasteiger partial charge is 0.352 e. The molecule has 1 aromatic heterocycles. The van der Waals surface area contributed by atoms with Crippen LogP contribution in [0.25, 0.3) is 6.08 Å². The zero-order valence-corrected chi connectivity index (χ0v) is 32.9. The lowest BCUT2D eigenvalue weighted by atomic mass is 9.94. The second-order valence-corrected chi connectivity index (χ2v) is 14.4. The second kappa shape index (κ2) is 20.6. The maximum absolute atomic E-state index is 14.4. The third kappa shape index (κ3) is 11.6. The zero-order chi connectivity index (χ0) is 41.6. The van der Waals surface area contributed by atoms with Crippen LogP contribution in [0.3, 0.4) is 0 Å². The van der Waals surface area contributed by atoms with Gasteiger partial charge in [-0.1, -0.05) is 95.1 Å². The van der Waals surface area contributed by atoms with E-state index in [1.54, 1.807) is 51.1 Å². The predicted octanol–water partition coefficient (Wildman–Crippen LogP) is 2.99. The summed E-state index contributed by atoms with van der Waals surface area (Å²) in [6, 6.07) is 11.3. The second-order valence-electron chi connectivity index (χ2n) is 14.4. The van der Waals surface area contributed by atoms with Crippen molar-refractivity contribution in [2.24, 2.45) is 11.8 Å². The topological polar surface area (TPSA) is 217 Å². The number of aliphatic carboxylic acids is 1. The van der Waals surface area contributed by atoms with Crippen molar-refractivity contribution in [2.75, 3.05) is 6.54 Å². The van der Waals surface area contributed by atoms with Gasteiger partial charge in [-0.05, 0) is 54.4 Å². The summed E-state index contributed by atoms with van der Waals surface area (Å²) in [6.45, 7) is 9.24. The molecule has 0 saturated carbocycles. The third-order valence-electron chi connectivity index (χ3n) is 9.96. The standard InChI is InChI=1S/C42H51N7O8/c1-6-13-30(36(50)40(54)47-32(42(56)57)22-27-15-9-8-10-16-27)45-39(53)35-28(7-2)18-21-49(35)41(55)34(25(3)4)48-37(51)31(23-29-17-12-11-14-26(29)5)46-38(52)33-24-43-19-20-44-33/h8-12,14-17,19-20,22,24-25,28,30-31,34-35H,6-7,13,18,21,23H2,1-5H3,(H,45,53)(H,46,52)(H,47,54)(H,48,51)(H,56,57)/b32-22+/t28-,30?,31-,34-,35-/m0/s1. The molecule has 57 heavy (non-hydrogen) atoms. The average molecular weight is 782 g/mol. The molecule has 302 valence electrons. The third-order valence-corrected chi connectivity index (χ3v) is 9.96. The fourth-order valence-corrected chi connectivity index (χ4v) is 6.77. The van der Waals surface area contributed by atoms with Crippen molar-refractivity contribution < 1.29 is 38.7 Å². The molecule has 0 bridgehead atoms. The van der Waals surface area contributed by atoms with E-state index in [9.17, 15) is 38.7 Å². The fraction of sp³-hybridized carbons (Fsp3) is 0.405. The number of hydrogen-bond acceptors (Lipinski definition) is 9. The molecule has 0 spiro atoms. The van der Waals surface area contributed by atoms with Crippen molar-refractivity contribution in [1.29, 1.82) is 0 Å². The van der Waals surface area contributed by atoms with Crippen LogP contribution in [0, 0.1) is 18.8 Å². The van der Waals surface area contributed by atoms with E-state index >= 15 is 0 Å². The molecule has 15 nitrogen and oxygen atoms in total. The molecule has 0 aliphatic carbocycles. The number of nitrogens with one attached hydrogen (secondary N) is 4. The summed E-state index contributed by atoms with van der Waals surface area (Å²) in [6.07, 6.45) is 6.87. The lowest BCUT2D eigenvalue weighted by molar-refractivity contribution is -0.145. The molecule has 5 amide bonds. The van der Waals surface area contributed by atoms with Crippen LogP contribution in [0.5, 0.6) is 0 Å². The van der Waals surface area contributed by atoms with E-state index < -0.39 is 77.1 Å². The van der Waals surface area contributed by atoms with Crippen LogP contribution >= 0.6 is 0 Å². The van der Waals surface area contributed by atoms with E-state index in [0.29, 0.717) is 24.8 Å². The molecule has 0 radical (unpaired) electrons. The lowest BCUT2D eigenvalue weighted by Crippen LogP contribution is -2.60. The van der Waals surface area contributed by atoms with Gasteiger partial charge in [0.15, 0.2) is 0 Å². The summed E-state index contributed by atoms with van der Waals surface area (Å²) in [7, 11) is 0. The Morgan fingerprint density at radius 2 is 1.61 bits per heavy atom. The Balaban J connectivity index is 1.54. The number of benzene rings is 2. The number of carbonyl (C=O) groups excluding carboxylic acids is 6. The van der Waals surface area contributed by atoms with E-state index in [4.69, 9.17) is 0 Å². The van der Waals surface area contributed by atoms with Crippen molar-refractivity contribution in [3.8, 4) is 0 Å². The minimum absolute atomic E-state index is 0.0106. The highest BCUT2D eigenvalue weighted by atomic mass is 16.4. The first-order valence-electron chi connectivity index (χ1n) is 19.1. The van der Waals surface area contributed by atoms with E-state index in [0.717, 1.165) is 11.1 Å². The highest BCUT2D eigenvalue weighted by Gasteiger charge is 2.45. The SMILES string of the molecule is CCCC(NC(=O)[C@@H]1[C@@H](CC)CCN1C(=O)[C@@H](NC(=O)[C@H](Cc1ccccc1C)NC(=O)c1cnccn1)C(C)C)C(=O)C(=O)N/C(=C/c1ccccc1)C(=O)O. The Kier molecular flexibility index (Phi) is 15.7. The molecular formula is C42H51N7O8. The van der Waals surface area contributed by atoms with E-state index in [1.807, 2.05) is 38.1 Å². The molecule has 2 heterocycles. The first-order chi connectivity index (χ1) is 27.2. The maximum atomic E-state index is 14.4. The molecule has 1 aliphatic heterocycles. The van der Waals surface area contributed by atoms with Gasteiger partial charge in [-0.15, -0.1) is 0 Å². The van der Waals surface area contributed by atoms with Gasteiger partial charge in [0, 0.05) is 25.4 Å². The molecule has 1 fully saturated rings. The summed E-state index contributed by atoms with van der Waals surface area (Å²) in [5.74, 6) is -6.83. The summed E-state index contributed by atoms with van der Waals surface area (Å²) in [5, 5.41) is 20.2. The van der Waals surface area contributed by atoms with Crippen LogP contribution in [0.2, 0.25) is 0 Å². The van der Waals surface area contributed by atoms with Crippen molar-refractivity contribution in [1.82, 2.24) is 36.1 Å². The minimum atomic E-state index is -1.46. The Morgan fingerprint density at radius 3 is 2.23 bits per heavy atom. The van der Waals surface area contributed by atoms with Gasteiger partial charge in [-0.3, -0.25) is 33.8 Å². The number of amides is 5. The number of ketones is 1. The molecule has 3 aromatic rings. The van der Waals surface area contributed by atoms with Crippen LogP contribution in [0.4, 0.5) is 0 Å². The quantitative estimate of drug-likeness (QED) is 0.0939. The van der Waals surface area contributed by atoms with Gasteiger partial charge >= 0.3 is 5.97 Å². The van der Waals surface area contributed by atoms with E-state index in [2.05, 4.69) is 31.2 Å². The predicted molar refractivity (Wildman–Crippen MR) is 211 cm³/mol. The van der Waals surface area contributed by atoms with E-state index in [1.165, 1.54) is 29.6 Å². The van der Waals surface area contributed by atoms with Gasteiger partial charge in [0.2, 0.25) is 23.5 Å². The summed E-state index contributed by atoms with van der Waals surface area (Å²) < 4.78 is 0. The summed E-state index contributed by atoms with van der Waals surface area (Å²) in [4.78, 5) is 104. The first kappa shape index (κ1) is 43.5. The minimum Gasteiger partial charge on any atom is -0.477 e. The molecule has 4 rings (SSSR count). The molecule has 2 aromatic carbocycles. The Bertz CT molecular complexity index is 1950. The Morgan fingerprint density at radius 1 is 0.912 bits per heavy atom. The number of nitrogens with zero attached hydrogens (tertiary/aromatic N) is 3. The van der Waals surface area contributed by atoms with Crippen molar-refractivity contribution in [2.45, 2.75) is 90.9 Å². The molecule has 5 N–H and O–H groups in total. The van der Waals surface area contributed by atoms with Crippen molar-refractivity contribution >= 4 is 47.4 Å². The number of aromatic nitrogens is 2. The molecule has 1 unspecified atom stereocenters. The van der Waals surface area contributed by atoms with Crippen LogP contribution in [-0.2, 0) is 35.2 Å². The molecule has 5 atom stereocenters. The number of carboxylic acid groups (broad SMARTS) is 1. The number of aryl methyl sites for hydroxylation is 1. The number of carbonyl (C=O) groups is 7. The number of Topliss-reactive ketones (excluding diaryl/α,β-unsaturated/α-hetero) is 1. The van der Waals surface area contributed by atoms with E-state index in [-0.39, 0.29) is 31.0 Å². The van der Waals surface area contributed by atoms with Crippen LogP contribution in [0.15, 0.2) is 78.9 Å². The van der Waals surface area contributed by atoms with Gasteiger partial charge in [-0.25, -0.2) is 9.78 Å². The molecule has 1 saturated heterocycles. The number of carboxylic acids is 1. The van der Waals surface area contributed by atoms with Gasteiger partial charge in [0.25, 0.3) is 11.8 Å². The first-order valence-corrected chi connectivity index (χ1v) is 19.1. The van der Waals surface area contributed by atoms with Gasteiger partial charge in [0.1, 0.15) is 29.5 Å².